The highest BCUT2D eigenvalue weighted by molar-refractivity contribution is 7.16. The second-order valence-electron chi connectivity index (χ2n) is 4.82. The summed E-state index contributed by atoms with van der Waals surface area (Å²) >= 11 is 1.61. The summed E-state index contributed by atoms with van der Waals surface area (Å²) in [6.07, 6.45) is 2.81. The second-order valence-corrected chi connectivity index (χ2v) is 5.93. The molecule has 1 atom stereocenters. The fourth-order valence-electron chi connectivity index (χ4n) is 2.89. The standard InChI is InChI=1S/C12H14N2O2S/c1-12-5-3-4-6-8(12)7(10(13-2)17-6)9(15)14-11(12)16/h13H,3-5H2,1-2H3,(H,14,15,16). The van der Waals surface area contributed by atoms with Gasteiger partial charge in [-0.3, -0.25) is 14.9 Å². The monoisotopic (exact) mass is 250 g/mol. The Hall–Kier alpha value is -1.36. The Labute approximate surface area is 103 Å². The number of thiophene rings is 1. The molecule has 0 saturated carbocycles. The minimum absolute atomic E-state index is 0.142. The lowest BCUT2D eigenvalue weighted by atomic mass is 9.70. The molecule has 1 aromatic rings. The number of rotatable bonds is 1. The zero-order chi connectivity index (χ0) is 12.2. The number of hydrogen-bond donors (Lipinski definition) is 2. The van der Waals surface area contributed by atoms with Gasteiger partial charge >= 0.3 is 0 Å². The van der Waals surface area contributed by atoms with E-state index >= 15 is 0 Å². The highest BCUT2D eigenvalue weighted by Gasteiger charge is 2.48. The van der Waals surface area contributed by atoms with Gasteiger partial charge in [-0.1, -0.05) is 0 Å². The number of carbonyl (C=O) groups is 2. The summed E-state index contributed by atoms with van der Waals surface area (Å²) in [6.45, 7) is 1.95. The molecule has 1 aromatic heterocycles. The van der Waals surface area contributed by atoms with Gasteiger partial charge in [-0.25, -0.2) is 0 Å². The first-order valence-electron chi connectivity index (χ1n) is 5.77. The van der Waals surface area contributed by atoms with Crippen LogP contribution in [0.25, 0.3) is 0 Å². The SMILES string of the molecule is CNc1sc2c3c1C(=O)NC(=O)C3(C)CCC2. The molecule has 0 fully saturated rings. The Balaban J connectivity index is 2.33. The molecule has 3 rings (SSSR count). The van der Waals surface area contributed by atoms with Gasteiger partial charge in [0.1, 0.15) is 5.00 Å². The molecule has 0 spiro atoms. The highest BCUT2D eigenvalue weighted by Crippen LogP contribution is 2.48. The molecule has 2 heterocycles. The van der Waals surface area contributed by atoms with Crippen molar-refractivity contribution in [1.29, 1.82) is 0 Å². The van der Waals surface area contributed by atoms with Gasteiger partial charge in [0.2, 0.25) is 5.91 Å². The van der Waals surface area contributed by atoms with Crippen molar-refractivity contribution >= 4 is 28.2 Å². The number of imide groups is 1. The lowest BCUT2D eigenvalue weighted by molar-refractivity contribution is -0.126. The summed E-state index contributed by atoms with van der Waals surface area (Å²) in [4.78, 5) is 25.2. The molecule has 0 saturated heterocycles. The molecule has 0 radical (unpaired) electrons. The second kappa shape index (κ2) is 3.32. The smallest absolute Gasteiger partial charge is 0.261 e. The molecule has 1 aliphatic carbocycles. The highest BCUT2D eigenvalue weighted by atomic mass is 32.1. The average molecular weight is 250 g/mol. The predicted octanol–water partition coefficient (Wildman–Crippen LogP) is 1.65. The van der Waals surface area contributed by atoms with E-state index in [1.165, 1.54) is 4.88 Å². The van der Waals surface area contributed by atoms with Gasteiger partial charge < -0.3 is 5.32 Å². The number of nitrogens with one attached hydrogen (secondary N) is 2. The minimum atomic E-state index is -0.511. The first-order valence-corrected chi connectivity index (χ1v) is 6.59. The fraction of sp³-hybridized carbons (Fsp3) is 0.500. The minimum Gasteiger partial charge on any atom is -0.379 e. The Morgan fingerprint density at radius 3 is 2.88 bits per heavy atom. The molecular formula is C12H14N2O2S. The maximum atomic E-state index is 12.1. The van der Waals surface area contributed by atoms with Crippen molar-refractivity contribution in [2.75, 3.05) is 12.4 Å². The number of carbonyl (C=O) groups excluding carboxylic acids is 2. The van der Waals surface area contributed by atoms with Gasteiger partial charge in [-0.05, 0) is 31.7 Å². The lowest BCUT2D eigenvalue weighted by Crippen LogP contribution is -2.51. The van der Waals surface area contributed by atoms with Gasteiger partial charge in [0.15, 0.2) is 0 Å². The third-order valence-electron chi connectivity index (χ3n) is 3.80. The molecule has 1 unspecified atom stereocenters. The number of hydrogen-bond acceptors (Lipinski definition) is 4. The van der Waals surface area contributed by atoms with Crippen molar-refractivity contribution in [2.24, 2.45) is 0 Å². The number of amides is 2. The number of anilines is 1. The van der Waals surface area contributed by atoms with Crippen LogP contribution in [0, 0.1) is 0 Å². The van der Waals surface area contributed by atoms with Crippen molar-refractivity contribution < 1.29 is 9.59 Å². The first kappa shape index (κ1) is 10.8. The van der Waals surface area contributed by atoms with Crippen molar-refractivity contribution in [2.45, 2.75) is 31.6 Å². The molecule has 2 amide bonds. The average Bonchev–Trinajstić information content (AvgIpc) is 2.67. The van der Waals surface area contributed by atoms with Crippen LogP contribution < -0.4 is 10.6 Å². The van der Waals surface area contributed by atoms with E-state index in [-0.39, 0.29) is 11.8 Å². The van der Waals surface area contributed by atoms with E-state index in [1.807, 2.05) is 14.0 Å². The summed E-state index contributed by atoms with van der Waals surface area (Å²) in [5.41, 5.74) is 1.16. The molecule has 0 aromatic carbocycles. The van der Waals surface area contributed by atoms with Crippen LogP contribution in [0.5, 0.6) is 0 Å². The van der Waals surface area contributed by atoms with Crippen LogP contribution in [0.15, 0.2) is 0 Å². The summed E-state index contributed by atoms with van der Waals surface area (Å²) in [7, 11) is 1.81. The van der Waals surface area contributed by atoms with Crippen LogP contribution in [0.1, 0.15) is 40.6 Å². The van der Waals surface area contributed by atoms with Crippen molar-refractivity contribution in [3.8, 4) is 0 Å². The zero-order valence-corrected chi connectivity index (χ0v) is 10.7. The molecule has 5 heteroatoms. The Morgan fingerprint density at radius 1 is 1.41 bits per heavy atom. The predicted molar refractivity (Wildman–Crippen MR) is 66.6 cm³/mol. The third-order valence-corrected chi connectivity index (χ3v) is 5.06. The third kappa shape index (κ3) is 1.23. The number of aryl methyl sites for hydroxylation is 1. The van der Waals surface area contributed by atoms with E-state index in [4.69, 9.17) is 0 Å². The lowest BCUT2D eigenvalue weighted by Gasteiger charge is -2.36. The molecule has 17 heavy (non-hydrogen) atoms. The Bertz CT molecular complexity index is 535. The van der Waals surface area contributed by atoms with E-state index < -0.39 is 5.41 Å². The van der Waals surface area contributed by atoms with Crippen LogP contribution in [0.3, 0.4) is 0 Å². The van der Waals surface area contributed by atoms with E-state index in [9.17, 15) is 9.59 Å². The quantitative estimate of drug-likeness (QED) is 0.745. The molecule has 2 aliphatic rings. The maximum Gasteiger partial charge on any atom is 0.261 e. The van der Waals surface area contributed by atoms with Gasteiger partial charge in [-0.15, -0.1) is 11.3 Å². The normalized spacial score (nSPS) is 26.5. The van der Waals surface area contributed by atoms with E-state index in [0.717, 1.165) is 29.8 Å². The van der Waals surface area contributed by atoms with Gasteiger partial charge in [0.25, 0.3) is 5.91 Å². The maximum absolute atomic E-state index is 12.1. The van der Waals surface area contributed by atoms with Crippen LogP contribution in [0.4, 0.5) is 5.00 Å². The molecular weight excluding hydrogens is 236 g/mol. The molecule has 4 nitrogen and oxygen atoms in total. The van der Waals surface area contributed by atoms with Gasteiger partial charge in [0.05, 0.1) is 11.0 Å². The Kier molecular flexibility index (Phi) is 2.10. The van der Waals surface area contributed by atoms with Crippen molar-refractivity contribution in [3.05, 3.63) is 16.0 Å². The molecule has 90 valence electrons. The summed E-state index contributed by atoms with van der Waals surface area (Å²) in [5.74, 6) is -0.396. The van der Waals surface area contributed by atoms with Gasteiger partial charge in [0, 0.05) is 11.9 Å². The van der Waals surface area contributed by atoms with Crippen LogP contribution >= 0.6 is 11.3 Å². The largest absolute Gasteiger partial charge is 0.379 e. The van der Waals surface area contributed by atoms with Crippen LogP contribution in [-0.4, -0.2) is 18.9 Å². The summed E-state index contributed by atoms with van der Waals surface area (Å²) in [5, 5.41) is 6.44. The zero-order valence-electron chi connectivity index (χ0n) is 9.85. The molecule has 2 N–H and O–H groups in total. The van der Waals surface area contributed by atoms with Gasteiger partial charge in [-0.2, -0.15) is 0 Å². The van der Waals surface area contributed by atoms with Crippen LogP contribution in [-0.2, 0) is 16.6 Å². The summed E-state index contributed by atoms with van der Waals surface area (Å²) in [6, 6.07) is 0. The molecule has 0 bridgehead atoms. The summed E-state index contributed by atoms with van der Waals surface area (Å²) < 4.78 is 0. The van der Waals surface area contributed by atoms with E-state index in [1.54, 1.807) is 11.3 Å². The fourth-order valence-corrected chi connectivity index (χ4v) is 4.21. The topological polar surface area (TPSA) is 58.2 Å². The first-order chi connectivity index (χ1) is 8.08. The van der Waals surface area contributed by atoms with Crippen molar-refractivity contribution in [1.82, 2.24) is 5.32 Å². The van der Waals surface area contributed by atoms with E-state index in [0.29, 0.717) is 5.56 Å². The van der Waals surface area contributed by atoms with Crippen molar-refractivity contribution in [3.63, 3.8) is 0 Å². The molecule has 1 aliphatic heterocycles. The van der Waals surface area contributed by atoms with E-state index in [2.05, 4.69) is 10.6 Å². The Morgan fingerprint density at radius 2 is 2.18 bits per heavy atom. The van der Waals surface area contributed by atoms with Crippen LogP contribution in [0.2, 0.25) is 0 Å².